The predicted octanol–water partition coefficient (Wildman–Crippen LogP) is -0.306. The standard InChI is InChI=1S/C8H13NO3/c10-7-3-5-9(6-7)4-1-2-8(11)12/h1-2,7,10H,3-6H2,(H,11,12)/t7-/m0/s1. The van der Waals surface area contributed by atoms with Gasteiger partial charge in [-0.25, -0.2) is 4.79 Å². The fourth-order valence-corrected chi connectivity index (χ4v) is 1.28. The zero-order valence-electron chi connectivity index (χ0n) is 6.81. The smallest absolute Gasteiger partial charge is 0.328 e. The van der Waals surface area contributed by atoms with Gasteiger partial charge in [0.2, 0.25) is 0 Å². The zero-order valence-corrected chi connectivity index (χ0v) is 6.81. The summed E-state index contributed by atoms with van der Waals surface area (Å²) in [6.07, 6.45) is 3.29. The third kappa shape index (κ3) is 3.02. The molecule has 4 heteroatoms. The molecular formula is C8H13NO3. The van der Waals surface area contributed by atoms with Crippen molar-refractivity contribution in [3.63, 3.8) is 0 Å². The number of carboxylic acid groups (broad SMARTS) is 1. The summed E-state index contributed by atoms with van der Waals surface area (Å²) < 4.78 is 0. The molecule has 1 aliphatic heterocycles. The van der Waals surface area contributed by atoms with Crippen LogP contribution in [0.5, 0.6) is 0 Å². The molecule has 2 N–H and O–H groups in total. The van der Waals surface area contributed by atoms with Gasteiger partial charge in [0, 0.05) is 25.7 Å². The molecule has 12 heavy (non-hydrogen) atoms. The average Bonchev–Trinajstić information content (AvgIpc) is 2.35. The number of aliphatic hydroxyl groups excluding tert-OH is 1. The van der Waals surface area contributed by atoms with E-state index in [1.54, 1.807) is 6.08 Å². The Labute approximate surface area is 71.1 Å². The van der Waals surface area contributed by atoms with Gasteiger partial charge < -0.3 is 10.2 Å². The highest BCUT2D eigenvalue weighted by atomic mass is 16.4. The number of hydrogen-bond acceptors (Lipinski definition) is 3. The molecule has 0 aliphatic carbocycles. The first kappa shape index (κ1) is 9.22. The summed E-state index contributed by atoms with van der Waals surface area (Å²) in [4.78, 5) is 12.1. The van der Waals surface area contributed by atoms with Crippen LogP contribution in [0.2, 0.25) is 0 Å². The Morgan fingerprint density at radius 2 is 2.42 bits per heavy atom. The first-order valence-electron chi connectivity index (χ1n) is 3.98. The van der Waals surface area contributed by atoms with Crippen LogP contribution in [0.25, 0.3) is 0 Å². The largest absolute Gasteiger partial charge is 0.478 e. The molecule has 1 heterocycles. The number of likely N-dealkylation sites (tertiary alicyclic amines) is 1. The van der Waals surface area contributed by atoms with Crippen molar-refractivity contribution < 1.29 is 15.0 Å². The van der Waals surface area contributed by atoms with Crippen LogP contribution in [-0.2, 0) is 4.79 Å². The maximum Gasteiger partial charge on any atom is 0.328 e. The maximum atomic E-state index is 10.1. The van der Waals surface area contributed by atoms with Gasteiger partial charge >= 0.3 is 5.97 Å². The van der Waals surface area contributed by atoms with E-state index >= 15 is 0 Å². The van der Waals surface area contributed by atoms with Gasteiger partial charge in [0.1, 0.15) is 0 Å². The normalized spacial score (nSPS) is 25.2. The van der Waals surface area contributed by atoms with Gasteiger partial charge in [-0.3, -0.25) is 4.90 Å². The van der Waals surface area contributed by atoms with E-state index in [1.807, 2.05) is 4.90 Å². The third-order valence-corrected chi connectivity index (χ3v) is 1.87. The molecule has 0 radical (unpaired) electrons. The Balaban J connectivity index is 2.20. The van der Waals surface area contributed by atoms with Crippen molar-refractivity contribution >= 4 is 5.97 Å². The number of carbonyl (C=O) groups is 1. The van der Waals surface area contributed by atoms with Crippen molar-refractivity contribution in [3.8, 4) is 0 Å². The van der Waals surface area contributed by atoms with E-state index < -0.39 is 5.97 Å². The van der Waals surface area contributed by atoms with Crippen molar-refractivity contribution in [2.24, 2.45) is 0 Å². The Morgan fingerprint density at radius 3 is 2.92 bits per heavy atom. The SMILES string of the molecule is O=C(O)C=CCN1CC[C@H](O)C1. The van der Waals surface area contributed by atoms with Crippen molar-refractivity contribution in [1.82, 2.24) is 4.90 Å². The van der Waals surface area contributed by atoms with Crippen LogP contribution in [0, 0.1) is 0 Å². The average molecular weight is 171 g/mol. The van der Waals surface area contributed by atoms with E-state index in [1.165, 1.54) is 0 Å². The molecule has 0 amide bonds. The molecule has 0 aromatic heterocycles. The summed E-state index contributed by atoms with van der Waals surface area (Å²) in [5.41, 5.74) is 0. The van der Waals surface area contributed by atoms with Gasteiger partial charge in [0.05, 0.1) is 6.10 Å². The number of β-amino-alcohol motifs (C(OH)–C–C–N with tert-alkyl or cyclic N) is 1. The maximum absolute atomic E-state index is 10.1. The minimum Gasteiger partial charge on any atom is -0.478 e. The van der Waals surface area contributed by atoms with Crippen LogP contribution >= 0.6 is 0 Å². The Hall–Kier alpha value is -0.870. The Kier molecular flexibility index (Phi) is 3.25. The van der Waals surface area contributed by atoms with Gasteiger partial charge in [-0.1, -0.05) is 6.08 Å². The Morgan fingerprint density at radius 1 is 1.67 bits per heavy atom. The summed E-state index contributed by atoms with van der Waals surface area (Å²) in [5, 5.41) is 17.4. The van der Waals surface area contributed by atoms with E-state index in [0.717, 1.165) is 19.0 Å². The molecular weight excluding hydrogens is 158 g/mol. The van der Waals surface area contributed by atoms with E-state index in [2.05, 4.69) is 0 Å². The summed E-state index contributed by atoms with van der Waals surface area (Å²) in [7, 11) is 0. The molecule has 4 nitrogen and oxygen atoms in total. The monoisotopic (exact) mass is 171 g/mol. The van der Waals surface area contributed by atoms with Crippen LogP contribution in [0.15, 0.2) is 12.2 Å². The lowest BCUT2D eigenvalue weighted by Gasteiger charge is -2.10. The fourth-order valence-electron chi connectivity index (χ4n) is 1.28. The lowest BCUT2D eigenvalue weighted by atomic mass is 10.3. The molecule has 0 aromatic rings. The van der Waals surface area contributed by atoms with Crippen LogP contribution in [0.3, 0.4) is 0 Å². The fraction of sp³-hybridized carbons (Fsp3) is 0.625. The topological polar surface area (TPSA) is 60.8 Å². The number of hydrogen-bond donors (Lipinski definition) is 2. The molecule has 0 unspecified atom stereocenters. The quantitative estimate of drug-likeness (QED) is 0.572. The molecule has 1 aliphatic rings. The van der Waals surface area contributed by atoms with Crippen LogP contribution in [0.1, 0.15) is 6.42 Å². The molecule has 68 valence electrons. The lowest BCUT2D eigenvalue weighted by Crippen LogP contribution is -2.22. The van der Waals surface area contributed by atoms with Crippen molar-refractivity contribution in [2.75, 3.05) is 19.6 Å². The molecule has 0 aromatic carbocycles. The predicted molar refractivity (Wildman–Crippen MR) is 43.8 cm³/mol. The molecule has 1 fully saturated rings. The second kappa shape index (κ2) is 4.23. The van der Waals surface area contributed by atoms with E-state index in [4.69, 9.17) is 10.2 Å². The molecule has 0 spiro atoms. The van der Waals surface area contributed by atoms with Crippen molar-refractivity contribution in [3.05, 3.63) is 12.2 Å². The number of carboxylic acids is 1. The number of nitrogens with zero attached hydrogens (tertiary/aromatic N) is 1. The first-order chi connectivity index (χ1) is 5.68. The highest BCUT2D eigenvalue weighted by Gasteiger charge is 2.18. The van der Waals surface area contributed by atoms with Crippen LogP contribution in [-0.4, -0.2) is 46.8 Å². The van der Waals surface area contributed by atoms with Crippen molar-refractivity contribution in [2.45, 2.75) is 12.5 Å². The van der Waals surface area contributed by atoms with E-state index in [0.29, 0.717) is 13.1 Å². The van der Waals surface area contributed by atoms with Gasteiger partial charge in [-0.05, 0) is 6.42 Å². The van der Waals surface area contributed by atoms with Crippen molar-refractivity contribution in [1.29, 1.82) is 0 Å². The van der Waals surface area contributed by atoms with Crippen LogP contribution in [0.4, 0.5) is 0 Å². The number of aliphatic carboxylic acids is 1. The Bertz CT molecular complexity index is 191. The van der Waals surface area contributed by atoms with E-state index in [-0.39, 0.29) is 6.10 Å². The lowest BCUT2D eigenvalue weighted by molar-refractivity contribution is -0.131. The molecule has 0 bridgehead atoms. The zero-order chi connectivity index (χ0) is 8.97. The minimum absolute atomic E-state index is 0.233. The summed E-state index contributed by atoms with van der Waals surface area (Å²) in [6, 6.07) is 0. The van der Waals surface area contributed by atoms with Gasteiger partial charge in [-0.15, -0.1) is 0 Å². The summed E-state index contributed by atoms with van der Waals surface area (Å²) in [6.45, 7) is 2.12. The molecule has 0 saturated carbocycles. The molecule has 1 saturated heterocycles. The minimum atomic E-state index is -0.922. The summed E-state index contributed by atoms with van der Waals surface area (Å²) >= 11 is 0. The van der Waals surface area contributed by atoms with Crippen LogP contribution < -0.4 is 0 Å². The highest BCUT2D eigenvalue weighted by molar-refractivity contribution is 5.79. The third-order valence-electron chi connectivity index (χ3n) is 1.87. The van der Waals surface area contributed by atoms with Gasteiger partial charge in [0.25, 0.3) is 0 Å². The second-order valence-corrected chi connectivity index (χ2v) is 2.94. The first-order valence-corrected chi connectivity index (χ1v) is 3.98. The summed E-state index contributed by atoms with van der Waals surface area (Å²) in [5.74, 6) is -0.922. The highest BCUT2D eigenvalue weighted by Crippen LogP contribution is 2.07. The van der Waals surface area contributed by atoms with E-state index in [9.17, 15) is 4.79 Å². The second-order valence-electron chi connectivity index (χ2n) is 2.94. The van der Waals surface area contributed by atoms with Gasteiger partial charge in [-0.2, -0.15) is 0 Å². The number of aliphatic hydroxyl groups is 1. The molecule has 1 atom stereocenters. The molecule has 1 rings (SSSR count). The number of rotatable bonds is 3. The van der Waals surface area contributed by atoms with Gasteiger partial charge in [0.15, 0.2) is 0 Å².